The summed E-state index contributed by atoms with van der Waals surface area (Å²) in [6, 6.07) is 3.61. The van der Waals surface area contributed by atoms with Crippen LogP contribution in [0.3, 0.4) is 0 Å². The van der Waals surface area contributed by atoms with E-state index in [1.165, 1.54) is 0 Å². The molecule has 0 spiro atoms. The van der Waals surface area contributed by atoms with Crippen LogP contribution in [-0.4, -0.2) is 46.1 Å². The molecule has 1 aliphatic rings. The van der Waals surface area contributed by atoms with E-state index in [1.807, 2.05) is 17.9 Å². The second-order valence-corrected chi connectivity index (χ2v) is 6.47. The van der Waals surface area contributed by atoms with Crippen LogP contribution in [0.25, 0.3) is 0 Å². The van der Waals surface area contributed by atoms with E-state index in [-0.39, 0.29) is 11.3 Å². The molecule has 2 aromatic heterocycles. The number of piperidine rings is 1. The fourth-order valence-electron chi connectivity index (χ4n) is 3.16. The SMILES string of the molecule is COCc1nc(C2(C)CCCN(C(=O)c3cccnc3C)C2)no1. The average molecular weight is 330 g/mol. The van der Waals surface area contributed by atoms with Crippen molar-refractivity contribution in [2.24, 2.45) is 0 Å². The second kappa shape index (κ2) is 6.68. The summed E-state index contributed by atoms with van der Waals surface area (Å²) in [5, 5.41) is 4.10. The summed E-state index contributed by atoms with van der Waals surface area (Å²) in [6.07, 6.45) is 3.51. The molecular weight excluding hydrogens is 308 g/mol. The van der Waals surface area contributed by atoms with Crippen molar-refractivity contribution < 1.29 is 14.1 Å². The van der Waals surface area contributed by atoms with E-state index in [0.29, 0.717) is 30.4 Å². The Balaban J connectivity index is 1.80. The molecule has 0 aliphatic carbocycles. The van der Waals surface area contributed by atoms with Crippen molar-refractivity contribution in [3.05, 3.63) is 41.3 Å². The third-order valence-electron chi connectivity index (χ3n) is 4.50. The zero-order valence-electron chi connectivity index (χ0n) is 14.3. The van der Waals surface area contributed by atoms with Crippen molar-refractivity contribution in [2.45, 2.75) is 38.7 Å². The number of nitrogens with zero attached hydrogens (tertiary/aromatic N) is 4. The van der Waals surface area contributed by atoms with Gasteiger partial charge in [-0.25, -0.2) is 0 Å². The van der Waals surface area contributed by atoms with Crippen LogP contribution < -0.4 is 0 Å². The number of amides is 1. The molecule has 3 rings (SSSR count). The molecule has 1 atom stereocenters. The number of rotatable bonds is 4. The third kappa shape index (κ3) is 3.17. The summed E-state index contributed by atoms with van der Waals surface area (Å²) >= 11 is 0. The lowest BCUT2D eigenvalue weighted by Crippen LogP contribution is -2.47. The Hall–Kier alpha value is -2.28. The van der Waals surface area contributed by atoms with Crippen LogP contribution in [0.2, 0.25) is 0 Å². The fraction of sp³-hybridized carbons (Fsp3) is 0.529. The van der Waals surface area contributed by atoms with E-state index in [4.69, 9.17) is 9.26 Å². The Kier molecular flexibility index (Phi) is 4.62. The number of likely N-dealkylation sites (tertiary alicyclic amines) is 1. The molecule has 0 radical (unpaired) electrons. The molecule has 3 heterocycles. The van der Waals surface area contributed by atoms with Gasteiger partial charge in [-0.15, -0.1) is 0 Å². The molecular formula is C17H22N4O3. The highest BCUT2D eigenvalue weighted by molar-refractivity contribution is 5.95. The summed E-state index contributed by atoms with van der Waals surface area (Å²) in [7, 11) is 1.59. The average Bonchev–Trinajstić information content (AvgIpc) is 3.05. The van der Waals surface area contributed by atoms with Gasteiger partial charge in [0, 0.05) is 37.5 Å². The van der Waals surface area contributed by atoms with Crippen LogP contribution in [0.5, 0.6) is 0 Å². The van der Waals surface area contributed by atoms with Gasteiger partial charge in [0.2, 0.25) is 0 Å². The summed E-state index contributed by atoms with van der Waals surface area (Å²) in [5.74, 6) is 1.10. The lowest BCUT2D eigenvalue weighted by Gasteiger charge is -2.38. The third-order valence-corrected chi connectivity index (χ3v) is 4.50. The minimum absolute atomic E-state index is 0.00661. The number of hydrogen-bond donors (Lipinski definition) is 0. The van der Waals surface area contributed by atoms with Gasteiger partial charge < -0.3 is 14.2 Å². The van der Waals surface area contributed by atoms with E-state index in [9.17, 15) is 4.79 Å². The summed E-state index contributed by atoms with van der Waals surface area (Å²) < 4.78 is 10.2. The van der Waals surface area contributed by atoms with Gasteiger partial charge in [-0.3, -0.25) is 9.78 Å². The van der Waals surface area contributed by atoms with Gasteiger partial charge in [0.05, 0.1) is 5.56 Å². The van der Waals surface area contributed by atoms with Gasteiger partial charge in [-0.05, 0) is 31.9 Å². The maximum atomic E-state index is 12.8. The normalized spacial score (nSPS) is 21.0. The van der Waals surface area contributed by atoms with Crippen molar-refractivity contribution in [2.75, 3.05) is 20.2 Å². The number of pyridine rings is 1. The van der Waals surface area contributed by atoms with Crippen molar-refractivity contribution in [1.29, 1.82) is 0 Å². The quantitative estimate of drug-likeness (QED) is 0.854. The first-order valence-corrected chi connectivity index (χ1v) is 8.06. The molecule has 0 bridgehead atoms. The van der Waals surface area contributed by atoms with Gasteiger partial charge in [-0.1, -0.05) is 12.1 Å². The molecule has 7 nitrogen and oxygen atoms in total. The van der Waals surface area contributed by atoms with E-state index in [1.54, 1.807) is 19.4 Å². The minimum Gasteiger partial charge on any atom is -0.375 e. The lowest BCUT2D eigenvalue weighted by molar-refractivity contribution is 0.0640. The number of carbonyl (C=O) groups is 1. The standard InChI is InChI=1S/C17H22N4O3/c1-12-13(6-4-8-18-12)15(22)21-9-5-7-17(2,11-21)16-19-14(10-23-3)24-20-16/h4,6,8H,5,7,9-11H2,1-3H3. The molecule has 1 unspecified atom stereocenters. The Morgan fingerprint density at radius 1 is 1.50 bits per heavy atom. The van der Waals surface area contributed by atoms with Crippen molar-refractivity contribution in [3.63, 3.8) is 0 Å². The van der Waals surface area contributed by atoms with Gasteiger partial charge in [-0.2, -0.15) is 4.98 Å². The summed E-state index contributed by atoms with van der Waals surface area (Å²) in [6.45, 7) is 5.51. The van der Waals surface area contributed by atoms with Gasteiger partial charge in [0.15, 0.2) is 5.82 Å². The van der Waals surface area contributed by atoms with E-state index in [0.717, 1.165) is 25.1 Å². The highest BCUT2D eigenvalue weighted by atomic mass is 16.5. The van der Waals surface area contributed by atoms with Gasteiger partial charge >= 0.3 is 0 Å². The molecule has 2 aromatic rings. The Morgan fingerprint density at radius 3 is 3.08 bits per heavy atom. The number of aryl methyl sites for hydroxylation is 1. The Morgan fingerprint density at radius 2 is 2.33 bits per heavy atom. The first kappa shape index (κ1) is 16.6. The van der Waals surface area contributed by atoms with Crippen molar-refractivity contribution in [3.8, 4) is 0 Å². The van der Waals surface area contributed by atoms with E-state index < -0.39 is 0 Å². The predicted molar refractivity (Wildman–Crippen MR) is 86.5 cm³/mol. The Bertz CT molecular complexity index is 730. The smallest absolute Gasteiger partial charge is 0.255 e. The molecule has 7 heteroatoms. The van der Waals surface area contributed by atoms with E-state index in [2.05, 4.69) is 22.0 Å². The van der Waals surface area contributed by atoms with Crippen molar-refractivity contribution in [1.82, 2.24) is 20.0 Å². The largest absolute Gasteiger partial charge is 0.375 e. The molecule has 1 amide bonds. The minimum atomic E-state index is -0.320. The molecule has 1 fully saturated rings. The zero-order valence-corrected chi connectivity index (χ0v) is 14.3. The van der Waals surface area contributed by atoms with Crippen molar-refractivity contribution >= 4 is 5.91 Å². The second-order valence-electron chi connectivity index (χ2n) is 6.47. The van der Waals surface area contributed by atoms with Crippen LogP contribution in [0.15, 0.2) is 22.9 Å². The highest BCUT2D eigenvalue weighted by Gasteiger charge is 2.38. The zero-order chi connectivity index (χ0) is 17.2. The fourth-order valence-corrected chi connectivity index (χ4v) is 3.16. The number of carbonyl (C=O) groups excluding carboxylic acids is 1. The van der Waals surface area contributed by atoms with Gasteiger partial charge in [0.1, 0.15) is 6.61 Å². The molecule has 1 aliphatic heterocycles. The first-order chi connectivity index (χ1) is 11.5. The molecule has 0 aromatic carbocycles. The maximum absolute atomic E-state index is 12.8. The molecule has 0 N–H and O–H groups in total. The van der Waals surface area contributed by atoms with Crippen LogP contribution >= 0.6 is 0 Å². The van der Waals surface area contributed by atoms with Crippen LogP contribution in [0, 0.1) is 6.92 Å². The monoisotopic (exact) mass is 330 g/mol. The van der Waals surface area contributed by atoms with Crippen LogP contribution in [0.1, 0.15) is 47.5 Å². The lowest BCUT2D eigenvalue weighted by atomic mass is 9.81. The first-order valence-electron chi connectivity index (χ1n) is 8.06. The molecule has 24 heavy (non-hydrogen) atoms. The highest BCUT2D eigenvalue weighted by Crippen LogP contribution is 2.32. The van der Waals surface area contributed by atoms with Crippen LogP contribution in [0.4, 0.5) is 0 Å². The number of ether oxygens (including phenoxy) is 1. The van der Waals surface area contributed by atoms with Crippen LogP contribution in [-0.2, 0) is 16.8 Å². The number of methoxy groups -OCH3 is 1. The summed E-state index contributed by atoms with van der Waals surface area (Å²) in [5.41, 5.74) is 1.08. The topological polar surface area (TPSA) is 81.4 Å². The number of hydrogen-bond acceptors (Lipinski definition) is 6. The summed E-state index contributed by atoms with van der Waals surface area (Å²) in [4.78, 5) is 23.3. The molecule has 128 valence electrons. The number of aromatic nitrogens is 3. The maximum Gasteiger partial charge on any atom is 0.255 e. The van der Waals surface area contributed by atoms with E-state index >= 15 is 0 Å². The molecule has 0 saturated carbocycles. The predicted octanol–water partition coefficient (Wildman–Crippen LogP) is 2.11. The molecule has 1 saturated heterocycles. The Labute approximate surface area is 141 Å². The van der Waals surface area contributed by atoms with Gasteiger partial charge in [0.25, 0.3) is 11.8 Å².